The van der Waals surface area contributed by atoms with Crippen molar-refractivity contribution >= 4 is 56.4 Å². The molecule has 11 heteroatoms. The summed E-state index contributed by atoms with van der Waals surface area (Å²) in [6, 6.07) is 6.16. The Hall–Kier alpha value is -3.44. The standard InChI is InChI=1S/C22H20N2O7S2/c1-2-29-22(28)18-13(12-5-6-12)11-32-20(18)23-16(25)10-31-21(27)15-7-8-17(33-15)24-19(26)14-4-3-9-30-14/h3-4,7-9,11-12H,2,5-6,10H2,1H3,(H,23,25)(H,24,26). The van der Waals surface area contributed by atoms with Gasteiger partial charge >= 0.3 is 11.9 Å². The Morgan fingerprint density at radius 1 is 1.09 bits per heavy atom. The van der Waals surface area contributed by atoms with Crippen LogP contribution >= 0.6 is 22.7 Å². The third kappa shape index (κ3) is 5.49. The fraction of sp³-hybridized carbons (Fsp3) is 0.273. The minimum atomic E-state index is -0.705. The van der Waals surface area contributed by atoms with E-state index in [0.717, 1.165) is 29.7 Å². The lowest BCUT2D eigenvalue weighted by molar-refractivity contribution is -0.119. The summed E-state index contributed by atoms with van der Waals surface area (Å²) >= 11 is 2.25. The molecule has 0 aliphatic heterocycles. The fourth-order valence-corrected chi connectivity index (χ4v) is 4.87. The number of esters is 2. The first kappa shape index (κ1) is 22.7. The van der Waals surface area contributed by atoms with E-state index in [9.17, 15) is 19.2 Å². The van der Waals surface area contributed by atoms with Crippen LogP contribution < -0.4 is 10.6 Å². The van der Waals surface area contributed by atoms with E-state index in [2.05, 4.69) is 10.6 Å². The summed E-state index contributed by atoms with van der Waals surface area (Å²) < 4.78 is 15.2. The van der Waals surface area contributed by atoms with Crippen molar-refractivity contribution in [3.8, 4) is 0 Å². The zero-order valence-electron chi connectivity index (χ0n) is 17.5. The van der Waals surface area contributed by atoms with Crippen LogP contribution in [0.15, 0.2) is 40.3 Å². The van der Waals surface area contributed by atoms with Crippen LogP contribution in [0.4, 0.5) is 10.0 Å². The molecule has 0 unspecified atom stereocenters. The predicted molar refractivity (Wildman–Crippen MR) is 122 cm³/mol. The predicted octanol–water partition coefficient (Wildman–Crippen LogP) is 4.50. The van der Waals surface area contributed by atoms with E-state index in [1.165, 1.54) is 29.7 Å². The molecule has 1 saturated carbocycles. The van der Waals surface area contributed by atoms with Gasteiger partial charge in [-0.3, -0.25) is 9.59 Å². The first-order valence-corrected chi connectivity index (χ1v) is 11.9. The van der Waals surface area contributed by atoms with Crippen molar-refractivity contribution in [2.45, 2.75) is 25.7 Å². The molecule has 2 N–H and O–H groups in total. The average Bonchev–Trinajstić information content (AvgIpc) is 3.19. The molecular formula is C22H20N2O7S2. The van der Waals surface area contributed by atoms with E-state index in [0.29, 0.717) is 21.5 Å². The summed E-state index contributed by atoms with van der Waals surface area (Å²) in [5.41, 5.74) is 1.26. The van der Waals surface area contributed by atoms with Gasteiger partial charge in [0.05, 0.1) is 23.4 Å². The summed E-state index contributed by atoms with van der Waals surface area (Å²) in [6.07, 6.45) is 3.38. The minimum absolute atomic E-state index is 0.143. The molecule has 3 heterocycles. The van der Waals surface area contributed by atoms with Crippen molar-refractivity contribution in [1.29, 1.82) is 0 Å². The lowest BCUT2D eigenvalue weighted by Gasteiger charge is -2.08. The number of carbonyl (C=O) groups is 4. The highest BCUT2D eigenvalue weighted by Gasteiger charge is 2.32. The van der Waals surface area contributed by atoms with Gasteiger partial charge in [-0.1, -0.05) is 0 Å². The minimum Gasteiger partial charge on any atom is -0.462 e. The van der Waals surface area contributed by atoms with Gasteiger partial charge in [0.15, 0.2) is 12.4 Å². The number of thiophene rings is 2. The summed E-state index contributed by atoms with van der Waals surface area (Å²) in [4.78, 5) is 49.3. The van der Waals surface area contributed by atoms with Crippen molar-refractivity contribution in [2.24, 2.45) is 0 Å². The lowest BCUT2D eigenvalue weighted by Crippen LogP contribution is -2.21. The molecular weight excluding hydrogens is 468 g/mol. The van der Waals surface area contributed by atoms with E-state index in [-0.39, 0.29) is 17.2 Å². The second-order valence-corrected chi connectivity index (χ2v) is 9.07. The number of carbonyl (C=O) groups excluding carboxylic acids is 4. The molecule has 4 rings (SSSR count). The topological polar surface area (TPSA) is 124 Å². The molecule has 9 nitrogen and oxygen atoms in total. The molecule has 3 aromatic heterocycles. The molecule has 0 aromatic carbocycles. The van der Waals surface area contributed by atoms with Gasteiger partial charge in [-0.05, 0) is 60.9 Å². The molecule has 33 heavy (non-hydrogen) atoms. The number of furan rings is 1. The van der Waals surface area contributed by atoms with Gasteiger partial charge < -0.3 is 24.5 Å². The van der Waals surface area contributed by atoms with Gasteiger partial charge in [0.25, 0.3) is 11.8 Å². The highest BCUT2D eigenvalue weighted by molar-refractivity contribution is 7.18. The second kappa shape index (κ2) is 10.0. The van der Waals surface area contributed by atoms with Crippen molar-refractivity contribution in [3.63, 3.8) is 0 Å². The highest BCUT2D eigenvalue weighted by atomic mass is 32.1. The average molecular weight is 489 g/mol. The molecule has 2 amide bonds. The van der Waals surface area contributed by atoms with Crippen molar-refractivity contribution in [3.05, 3.63) is 57.7 Å². The molecule has 1 fully saturated rings. The van der Waals surface area contributed by atoms with Gasteiger partial charge in [0.2, 0.25) is 0 Å². The Labute approximate surface area is 196 Å². The van der Waals surface area contributed by atoms with E-state index in [1.807, 2.05) is 5.38 Å². The van der Waals surface area contributed by atoms with E-state index >= 15 is 0 Å². The molecule has 1 aliphatic carbocycles. The zero-order valence-corrected chi connectivity index (χ0v) is 19.2. The summed E-state index contributed by atoms with van der Waals surface area (Å²) in [5, 5.41) is 7.93. The molecule has 0 saturated heterocycles. The molecule has 0 atom stereocenters. The fourth-order valence-electron chi connectivity index (χ4n) is 3.03. The maximum absolute atomic E-state index is 12.4. The number of hydrogen-bond acceptors (Lipinski definition) is 9. The zero-order chi connectivity index (χ0) is 23.4. The third-order valence-electron chi connectivity index (χ3n) is 4.69. The smallest absolute Gasteiger partial charge is 0.348 e. The number of nitrogens with one attached hydrogen (secondary N) is 2. The Balaban J connectivity index is 1.32. The van der Waals surface area contributed by atoms with Crippen molar-refractivity contribution in [1.82, 2.24) is 0 Å². The van der Waals surface area contributed by atoms with Crippen LogP contribution in [-0.2, 0) is 14.3 Å². The maximum atomic E-state index is 12.4. The van der Waals surface area contributed by atoms with Crippen molar-refractivity contribution < 1.29 is 33.1 Å². The lowest BCUT2D eigenvalue weighted by atomic mass is 10.1. The van der Waals surface area contributed by atoms with Gasteiger partial charge in [0.1, 0.15) is 9.88 Å². The van der Waals surface area contributed by atoms with Gasteiger partial charge in [-0.25, -0.2) is 9.59 Å². The van der Waals surface area contributed by atoms with Crippen LogP contribution in [0, 0.1) is 0 Å². The number of ether oxygens (including phenoxy) is 2. The van der Waals surface area contributed by atoms with E-state index in [4.69, 9.17) is 13.9 Å². The Bertz CT molecular complexity index is 1180. The first-order valence-electron chi connectivity index (χ1n) is 10.2. The largest absolute Gasteiger partial charge is 0.462 e. The van der Waals surface area contributed by atoms with Gasteiger partial charge in [0, 0.05) is 0 Å². The number of anilines is 2. The van der Waals surface area contributed by atoms with Crippen molar-refractivity contribution in [2.75, 3.05) is 23.8 Å². The van der Waals surface area contributed by atoms with Crippen LogP contribution in [-0.4, -0.2) is 37.0 Å². The number of rotatable bonds is 9. The quantitative estimate of drug-likeness (QED) is 0.425. The third-order valence-corrected chi connectivity index (χ3v) is 6.59. The molecule has 172 valence electrons. The Morgan fingerprint density at radius 3 is 2.61 bits per heavy atom. The van der Waals surface area contributed by atoms with Crippen LogP contribution in [0.5, 0.6) is 0 Å². The van der Waals surface area contributed by atoms with Gasteiger partial charge in [-0.2, -0.15) is 0 Å². The number of amides is 2. The van der Waals surface area contributed by atoms with E-state index in [1.54, 1.807) is 19.1 Å². The Kier molecular flexibility index (Phi) is 6.90. The molecule has 0 spiro atoms. The first-order chi connectivity index (χ1) is 16.0. The molecule has 0 bridgehead atoms. The Morgan fingerprint density at radius 2 is 1.91 bits per heavy atom. The maximum Gasteiger partial charge on any atom is 0.348 e. The highest BCUT2D eigenvalue weighted by Crippen LogP contribution is 2.46. The monoisotopic (exact) mass is 488 g/mol. The SMILES string of the molecule is CCOC(=O)c1c(C2CC2)csc1NC(=O)COC(=O)c1ccc(NC(=O)c2ccco2)s1. The van der Waals surface area contributed by atoms with Crippen LogP contribution in [0.25, 0.3) is 0 Å². The van der Waals surface area contributed by atoms with Crippen LogP contribution in [0.2, 0.25) is 0 Å². The van der Waals surface area contributed by atoms with Gasteiger partial charge in [-0.15, -0.1) is 22.7 Å². The number of hydrogen-bond donors (Lipinski definition) is 2. The molecule has 0 radical (unpaired) electrons. The second-order valence-electron chi connectivity index (χ2n) is 7.11. The normalized spacial score (nSPS) is 12.8. The summed E-state index contributed by atoms with van der Waals surface area (Å²) in [6.45, 7) is 1.43. The summed E-state index contributed by atoms with van der Waals surface area (Å²) in [5.74, 6) is -1.74. The molecule has 1 aliphatic rings. The summed E-state index contributed by atoms with van der Waals surface area (Å²) in [7, 11) is 0. The van der Waals surface area contributed by atoms with E-state index < -0.39 is 30.4 Å². The van der Waals surface area contributed by atoms with Crippen LogP contribution in [0.3, 0.4) is 0 Å². The van der Waals surface area contributed by atoms with Crippen LogP contribution in [0.1, 0.15) is 61.8 Å². The molecule has 3 aromatic rings.